The van der Waals surface area contributed by atoms with Crippen LogP contribution in [0.1, 0.15) is 31.2 Å². The van der Waals surface area contributed by atoms with E-state index >= 15 is 0 Å². The predicted molar refractivity (Wildman–Crippen MR) is 91.6 cm³/mol. The third-order valence-corrected chi connectivity index (χ3v) is 3.66. The highest BCUT2D eigenvalue weighted by atomic mass is 16.5. The molecule has 0 aliphatic heterocycles. The van der Waals surface area contributed by atoms with Crippen molar-refractivity contribution in [2.75, 3.05) is 20.7 Å². The molecule has 126 valence electrons. The Labute approximate surface area is 137 Å². The van der Waals surface area contributed by atoms with Gasteiger partial charge in [0.2, 0.25) is 5.91 Å². The molecule has 0 spiro atoms. The average Bonchev–Trinajstić information content (AvgIpc) is 3.38. The minimum Gasteiger partial charge on any atom is -0.497 e. The number of carbonyl (C=O) groups excluding carboxylic acids is 1. The number of methoxy groups -OCH3 is 1. The van der Waals surface area contributed by atoms with Crippen molar-refractivity contribution in [2.24, 2.45) is 4.99 Å². The number of amides is 1. The van der Waals surface area contributed by atoms with E-state index in [-0.39, 0.29) is 5.91 Å². The van der Waals surface area contributed by atoms with Gasteiger partial charge in [-0.3, -0.25) is 9.79 Å². The highest BCUT2D eigenvalue weighted by molar-refractivity contribution is 5.80. The van der Waals surface area contributed by atoms with Gasteiger partial charge in [-0.05, 0) is 37.0 Å². The molecule has 6 heteroatoms. The molecule has 23 heavy (non-hydrogen) atoms. The second-order valence-electron chi connectivity index (χ2n) is 5.65. The molecule has 0 radical (unpaired) electrons. The first kappa shape index (κ1) is 17.1. The van der Waals surface area contributed by atoms with Gasteiger partial charge in [0.05, 0.1) is 7.11 Å². The minimum absolute atomic E-state index is 0.149. The number of hydrogen-bond donors (Lipinski definition) is 3. The molecule has 0 saturated heterocycles. The summed E-state index contributed by atoms with van der Waals surface area (Å²) in [5.74, 6) is 1.74. The molecule has 1 aliphatic rings. The van der Waals surface area contributed by atoms with Gasteiger partial charge in [0.15, 0.2) is 5.96 Å². The maximum atomic E-state index is 11.6. The monoisotopic (exact) mass is 318 g/mol. The first-order chi connectivity index (χ1) is 11.2. The molecule has 1 aromatic rings. The van der Waals surface area contributed by atoms with Crippen LogP contribution in [0.15, 0.2) is 29.3 Å². The zero-order chi connectivity index (χ0) is 16.5. The van der Waals surface area contributed by atoms with Crippen LogP contribution in [-0.4, -0.2) is 38.6 Å². The van der Waals surface area contributed by atoms with E-state index in [1.807, 2.05) is 24.3 Å². The van der Waals surface area contributed by atoms with Crippen LogP contribution in [0.5, 0.6) is 5.75 Å². The Morgan fingerprint density at radius 2 is 2.00 bits per heavy atom. The number of nitrogens with zero attached hydrogens (tertiary/aromatic N) is 1. The molecule has 1 aromatic carbocycles. The molecule has 1 aliphatic carbocycles. The third kappa shape index (κ3) is 6.59. The highest BCUT2D eigenvalue weighted by Gasteiger charge is 2.22. The predicted octanol–water partition coefficient (Wildman–Crippen LogP) is 1.42. The number of guanidine groups is 1. The Morgan fingerprint density at radius 3 is 2.61 bits per heavy atom. The first-order valence-electron chi connectivity index (χ1n) is 8.08. The van der Waals surface area contributed by atoms with Crippen LogP contribution in [0.3, 0.4) is 0 Å². The second-order valence-corrected chi connectivity index (χ2v) is 5.65. The van der Waals surface area contributed by atoms with Gasteiger partial charge in [0.25, 0.3) is 0 Å². The van der Waals surface area contributed by atoms with Crippen LogP contribution in [0.4, 0.5) is 0 Å². The zero-order valence-corrected chi connectivity index (χ0v) is 13.9. The van der Waals surface area contributed by atoms with Crippen molar-refractivity contribution in [2.45, 2.75) is 38.3 Å². The van der Waals surface area contributed by atoms with Crippen molar-refractivity contribution in [3.8, 4) is 5.75 Å². The summed E-state index contributed by atoms with van der Waals surface area (Å²) in [5, 5.41) is 9.46. The number of hydrogen-bond acceptors (Lipinski definition) is 3. The Bertz CT molecular complexity index is 524. The van der Waals surface area contributed by atoms with Crippen LogP contribution in [0.2, 0.25) is 0 Å². The molecule has 0 bridgehead atoms. The van der Waals surface area contributed by atoms with Crippen molar-refractivity contribution in [3.63, 3.8) is 0 Å². The van der Waals surface area contributed by atoms with Gasteiger partial charge in [-0.2, -0.15) is 0 Å². The van der Waals surface area contributed by atoms with Crippen molar-refractivity contribution >= 4 is 11.9 Å². The molecule has 0 unspecified atom stereocenters. The third-order valence-electron chi connectivity index (χ3n) is 3.66. The normalized spacial score (nSPS) is 14.3. The summed E-state index contributed by atoms with van der Waals surface area (Å²) in [4.78, 5) is 15.8. The van der Waals surface area contributed by atoms with Crippen LogP contribution in [-0.2, 0) is 11.3 Å². The lowest BCUT2D eigenvalue weighted by Crippen LogP contribution is -2.37. The van der Waals surface area contributed by atoms with Crippen molar-refractivity contribution in [3.05, 3.63) is 29.8 Å². The summed E-state index contributed by atoms with van der Waals surface area (Å²) in [6.45, 7) is 1.41. The van der Waals surface area contributed by atoms with E-state index in [1.165, 1.54) is 0 Å². The largest absolute Gasteiger partial charge is 0.497 e. The number of ether oxygens (including phenoxy) is 1. The molecule has 2 rings (SSSR count). The van der Waals surface area contributed by atoms with Crippen LogP contribution >= 0.6 is 0 Å². The summed E-state index contributed by atoms with van der Waals surface area (Å²) < 4.78 is 5.14. The van der Waals surface area contributed by atoms with Gasteiger partial charge >= 0.3 is 0 Å². The minimum atomic E-state index is 0.149. The van der Waals surface area contributed by atoms with Gasteiger partial charge in [0, 0.05) is 32.6 Å². The Hall–Kier alpha value is -2.24. The van der Waals surface area contributed by atoms with Gasteiger partial charge < -0.3 is 20.7 Å². The van der Waals surface area contributed by atoms with Gasteiger partial charge in [-0.1, -0.05) is 12.1 Å². The van der Waals surface area contributed by atoms with E-state index in [0.717, 1.165) is 43.1 Å². The maximum Gasteiger partial charge on any atom is 0.220 e. The number of benzene rings is 1. The molecule has 1 amide bonds. The van der Waals surface area contributed by atoms with Crippen LogP contribution in [0, 0.1) is 0 Å². The van der Waals surface area contributed by atoms with E-state index in [1.54, 1.807) is 14.2 Å². The Kier molecular flexibility index (Phi) is 6.72. The average molecular weight is 318 g/mol. The van der Waals surface area contributed by atoms with E-state index < -0.39 is 0 Å². The van der Waals surface area contributed by atoms with Crippen molar-refractivity contribution in [1.29, 1.82) is 0 Å². The Balaban J connectivity index is 1.61. The summed E-state index contributed by atoms with van der Waals surface area (Å²) in [6, 6.07) is 8.34. The smallest absolute Gasteiger partial charge is 0.220 e. The highest BCUT2D eigenvalue weighted by Crippen LogP contribution is 2.18. The molecule has 0 aromatic heterocycles. The molecule has 1 saturated carbocycles. The van der Waals surface area contributed by atoms with E-state index in [2.05, 4.69) is 20.9 Å². The molecule has 6 nitrogen and oxygen atoms in total. The quantitative estimate of drug-likeness (QED) is 0.385. The number of rotatable bonds is 8. The SMILES string of the molecule is CN=C(NCCCC(=O)NC1CC1)NCc1ccc(OC)cc1. The second kappa shape index (κ2) is 9.02. The summed E-state index contributed by atoms with van der Waals surface area (Å²) in [6.07, 6.45) is 3.61. The van der Waals surface area contributed by atoms with Gasteiger partial charge in [-0.25, -0.2) is 0 Å². The number of carbonyl (C=O) groups is 1. The molecule has 1 fully saturated rings. The maximum absolute atomic E-state index is 11.6. The van der Waals surface area contributed by atoms with E-state index in [0.29, 0.717) is 19.0 Å². The molecular formula is C17H26N4O2. The molecule has 0 atom stereocenters. The van der Waals surface area contributed by atoms with Crippen molar-refractivity contribution < 1.29 is 9.53 Å². The summed E-state index contributed by atoms with van der Waals surface area (Å²) >= 11 is 0. The molecular weight excluding hydrogens is 292 g/mol. The van der Waals surface area contributed by atoms with E-state index in [4.69, 9.17) is 4.74 Å². The standard InChI is InChI=1S/C17H26N4O2/c1-18-17(19-11-3-4-16(22)21-14-7-8-14)20-12-13-5-9-15(23-2)10-6-13/h5-6,9-10,14H,3-4,7-8,11-12H2,1-2H3,(H,21,22)(H2,18,19,20). The number of aliphatic imine (C=N–C) groups is 1. The van der Waals surface area contributed by atoms with Gasteiger partial charge in [0.1, 0.15) is 5.75 Å². The molecule has 3 N–H and O–H groups in total. The number of nitrogens with one attached hydrogen (secondary N) is 3. The fourth-order valence-corrected chi connectivity index (χ4v) is 2.13. The van der Waals surface area contributed by atoms with Crippen LogP contribution < -0.4 is 20.7 Å². The summed E-state index contributed by atoms with van der Waals surface area (Å²) in [7, 11) is 3.40. The zero-order valence-electron chi connectivity index (χ0n) is 13.9. The van der Waals surface area contributed by atoms with E-state index in [9.17, 15) is 4.79 Å². The Morgan fingerprint density at radius 1 is 1.26 bits per heavy atom. The fourth-order valence-electron chi connectivity index (χ4n) is 2.13. The van der Waals surface area contributed by atoms with Crippen LogP contribution in [0.25, 0.3) is 0 Å². The lowest BCUT2D eigenvalue weighted by molar-refractivity contribution is -0.121. The first-order valence-corrected chi connectivity index (χ1v) is 8.08. The van der Waals surface area contributed by atoms with Gasteiger partial charge in [-0.15, -0.1) is 0 Å². The topological polar surface area (TPSA) is 74.8 Å². The fraction of sp³-hybridized carbons (Fsp3) is 0.529. The lowest BCUT2D eigenvalue weighted by Gasteiger charge is -2.12. The van der Waals surface area contributed by atoms with Crippen molar-refractivity contribution in [1.82, 2.24) is 16.0 Å². The lowest BCUT2D eigenvalue weighted by atomic mass is 10.2. The molecule has 0 heterocycles. The summed E-state index contributed by atoms with van der Waals surface area (Å²) in [5.41, 5.74) is 1.15.